The monoisotopic (exact) mass is 436 g/mol. The molecule has 1 aromatic heterocycles. The summed E-state index contributed by atoms with van der Waals surface area (Å²) in [6.07, 6.45) is 0.815. The number of nitrogens with one attached hydrogen (secondary N) is 1. The quantitative estimate of drug-likeness (QED) is 0.677. The number of rotatable bonds is 7. The highest BCUT2D eigenvalue weighted by Gasteiger charge is 2.30. The maximum Gasteiger partial charge on any atom is 0.293 e. The zero-order chi connectivity index (χ0) is 21.9. The summed E-state index contributed by atoms with van der Waals surface area (Å²) in [5.41, 5.74) is 0.833. The molecule has 2 heterocycles. The molecular weight excluding hydrogens is 408 g/mol. The van der Waals surface area contributed by atoms with Gasteiger partial charge in [-0.05, 0) is 31.5 Å². The Kier molecular flexibility index (Phi) is 6.91. The van der Waals surface area contributed by atoms with Gasteiger partial charge in [-0.1, -0.05) is 13.0 Å². The Morgan fingerprint density at radius 3 is 2.53 bits per heavy atom. The largest absolute Gasteiger partial charge is 0.436 e. The average Bonchev–Trinajstić information content (AvgIpc) is 3.07. The van der Waals surface area contributed by atoms with Crippen LogP contribution in [0, 0.1) is 13.8 Å². The van der Waals surface area contributed by atoms with Gasteiger partial charge in [0.2, 0.25) is 15.8 Å². The minimum atomic E-state index is -3.69. The van der Waals surface area contributed by atoms with Crippen molar-refractivity contribution in [3.8, 4) is 0 Å². The van der Waals surface area contributed by atoms with Gasteiger partial charge in [-0.3, -0.25) is 9.69 Å². The summed E-state index contributed by atoms with van der Waals surface area (Å²) in [6.45, 7) is 7.24. The van der Waals surface area contributed by atoms with Crippen molar-refractivity contribution in [3.05, 3.63) is 41.6 Å². The topological polar surface area (TPSA) is 116 Å². The molecule has 1 aliphatic heterocycles. The van der Waals surface area contributed by atoms with Crippen molar-refractivity contribution in [2.24, 2.45) is 0 Å². The molecule has 0 spiro atoms. The standard InChI is InChI=1S/C20H28N4O5S/c1-4-17(13-25)23-8-10-24(11-9-23)30(27,28)18-7-5-6-16(12-18)22-20(26)19-14(2)21-15(3)29-19/h5-7,12,17,25H,4,8-11,13H2,1-3H3,(H,22,26). The lowest BCUT2D eigenvalue weighted by molar-refractivity contribution is 0.0881. The SMILES string of the molecule is CCC(CO)N1CCN(S(=O)(=O)c2cccc(NC(=O)c3oc(C)nc3C)c2)CC1. The number of aryl methyl sites for hydroxylation is 2. The van der Waals surface area contributed by atoms with E-state index >= 15 is 0 Å². The number of nitrogens with zero attached hydrogens (tertiary/aromatic N) is 3. The van der Waals surface area contributed by atoms with Crippen molar-refractivity contribution in [3.63, 3.8) is 0 Å². The van der Waals surface area contributed by atoms with E-state index in [1.54, 1.807) is 26.0 Å². The van der Waals surface area contributed by atoms with E-state index in [9.17, 15) is 18.3 Å². The summed E-state index contributed by atoms with van der Waals surface area (Å²) < 4.78 is 32.9. The number of carbonyl (C=O) groups is 1. The van der Waals surface area contributed by atoms with Crippen LogP contribution >= 0.6 is 0 Å². The van der Waals surface area contributed by atoms with Crippen LogP contribution in [0.25, 0.3) is 0 Å². The van der Waals surface area contributed by atoms with Crippen molar-refractivity contribution in [2.45, 2.75) is 38.1 Å². The third-order valence-electron chi connectivity index (χ3n) is 5.31. The predicted molar refractivity (Wildman–Crippen MR) is 112 cm³/mol. The minimum Gasteiger partial charge on any atom is -0.436 e. The number of anilines is 1. The van der Waals surface area contributed by atoms with Crippen LogP contribution in [0.4, 0.5) is 5.69 Å². The van der Waals surface area contributed by atoms with Crippen LogP contribution in [-0.2, 0) is 10.0 Å². The van der Waals surface area contributed by atoms with E-state index < -0.39 is 15.9 Å². The summed E-state index contributed by atoms with van der Waals surface area (Å²) in [5.74, 6) is 0.0109. The molecule has 1 aromatic carbocycles. The van der Waals surface area contributed by atoms with Gasteiger partial charge in [-0.15, -0.1) is 0 Å². The zero-order valence-corrected chi connectivity index (χ0v) is 18.3. The van der Waals surface area contributed by atoms with Crippen LogP contribution < -0.4 is 5.32 Å². The fourth-order valence-electron chi connectivity index (χ4n) is 3.63. The molecule has 3 rings (SSSR count). The first-order valence-electron chi connectivity index (χ1n) is 9.96. The van der Waals surface area contributed by atoms with Gasteiger partial charge in [0, 0.05) is 44.8 Å². The van der Waals surface area contributed by atoms with E-state index in [0.717, 1.165) is 6.42 Å². The molecule has 2 N–H and O–H groups in total. The molecule has 1 atom stereocenters. The van der Waals surface area contributed by atoms with Gasteiger partial charge in [0.1, 0.15) is 0 Å². The molecule has 0 radical (unpaired) electrons. The Balaban J connectivity index is 1.72. The molecular formula is C20H28N4O5S. The fraction of sp³-hybridized carbons (Fsp3) is 0.500. The smallest absolute Gasteiger partial charge is 0.293 e. The van der Waals surface area contributed by atoms with Crippen molar-refractivity contribution in [2.75, 3.05) is 38.1 Å². The molecule has 1 unspecified atom stereocenters. The highest BCUT2D eigenvalue weighted by Crippen LogP contribution is 2.22. The summed E-state index contributed by atoms with van der Waals surface area (Å²) in [4.78, 5) is 18.7. The number of hydrogen-bond donors (Lipinski definition) is 2. The number of amides is 1. The first-order valence-corrected chi connectivity index (χ1v) is 11.4. The predicted octanol–water partition coefficient (Wildman–Crippen LogP) is 1.62. The molecule has 0 saturated carbocycles. The fourth-order valence-corrected chi connectivity index (χ4v) is 5.09. The molecule has 0 aliphatic carbocycles. The van der Waals surface area contributed by atoms with E-state index in [4.69, 9.17) is 4.42 Å². The molecule has 9 nitrogen and oxygen atoms in total. The third kappa shape index (κ3) is 4.72. The van der Waals surface area contributed by atoms with Gasteiger partial charge in [0.15, 0.2) is 5.89 Å². The number of piperazine rings is 1. The normalized spacial score (nSPS) is 17.1. The maximum atomic E-state index is 13.1. The zero-order valence-electron chi connectivity index (χ0n) is 17.5. The molecule has 1 fully saturated rings. The average molecular weight is 437 g/mol. The number of benzene rings is 1. The molecule has 164 valence electrons. The van der Waals surface area contributed by atoms with Crippen molar-refractivity contribution in [1.82, 2.24) is 14.2 Å². The Bertz CT molecular complexity index is 992. The van der Waals surface area contributed by atoms with Crippen LogP contribution in [0.5, 0.6) is 0 Å². The number of aliphatic hydroxyl groups is 1. The summed E-state index contributed by atoms with van der Waals surface area (Å²) in [5, 5.41) is 12.1. The highest BCUT2D eigenvalue weighted by molar-refractivity contribution is 7.89. The Morgan fingerprint density at radius 1 is 1.27 bits per heavy atom. The van der Waals surface area contributed by atoms with Crippen LogP contribution in [0.1, 0.15) is 35.5 Å². The number of sulfonamides is 1. The highest BCUT2D eigenvalue weighted by atomic mass is 32.2. The summed E-state index contributed by atoms with van der Waals surface area (Å²) in [7, 11) is -3.69. The van der Waals surface area contributed by atoms with Crippen LogP contribution in [0.2, 0.25) is 0 Å². The van der Waals surface area contributed by atoms with Gasteiger partial charge in [0.25, 0.3) is 5.91 Å². The molecule has 30 heavy (non-hydrogen) atoms. The summed E-state index contributed by atoms with van der Waals surface area (Å²) >= 11 is 0. The Labute approximate surface area is 176 Å². The van der Waals surface area contributed by atoms with Crippen LogP contribution in [0.3, 0.4) is 0 Å². The third-order valence-corrected chi connectivity index (χ3v) is 7.21. The van der Waals surface area contributed by atoms with Crippen molar-refractivity contribution < 1.29 is 22.7 Å². The lowest BCUT2D eigenvalue weighted by atomic mass is 10.2. The van der Waals surface area contributed by atoms with Gasteiger partial charge in [-0.2, -0.15) is 4.31 Å². The van der Waals surface area contributed by atoms with Crippen molar-refractivity contribution in [1.29, 1.82) is 0 Å². The second-order valence-corrected chi connectivity index (χ2v) is 9.25. The number of aromatic nitrogens is 1. The number of aliphatic hydroxyl groups excluding tert-OH is 1. The summed E-state index contributed by atoms with van der Waals surface area (Å²) in [6, 6.07) is 6.23. The second kappa shape index (κ2) is 9.25. The second-order valence-electron chi connectivity index (χ2n) is 7.31. The minimum absolute atomic E-state index is 0.0524. The van der Waals surface area contributed by atoms with E-state index in [1.165, 1.54) is 16.4 Å². The molecule has 1 aliphatic rings. The lowest BCUT2D eigenvalue weighted by Gasteiger charge is -2.37. The van der Waals surface area contributed by atoms with E-state index in [1.807, 2.05) is 6.92 Å². The van der Waals surface area contributed by atoms with E-state index in [-0.39, 0.29) is 23.3 Å². The molecule has 1 saturated heterocycles. The number of oxazole rings is 1. The first kappa shape index (κ1) is 22.4. The van der Waals surface area contributed by atoms with E-state index in [0.29, 0.717) is 43.5 Å². The number of carbonyl (C=O) groups excluding carboxylic acids is 1. The van der Waals surface area contributed by atoms with Crippen LogP contribution in [0.15, 0.2) is 33.6 Å². The van der Waals surface area contributed by atoms with Gasteiger partial charge in [-0.25, -0.2) is 13.4 Å². The molecule has 2 aromatic rings. The van der Waals surface area contributed by atoms with Crippen molar-refractivity contribution >= 4 is 21.6 Å². The Morgan fingerprint density at radius 2 is 1.97 bits per heavy atom. The molecule has 0 bridgehead atoms. The lowest BCUT2D eigenvalue weighted by Crippen LogP contribution is -2.52. The molecule has 10 heteroatoms. The van der Waals surface area contributed by atoms with Crippen LogP contribution in [-0.4, -0.2) is 72.4 Å². The van der Waals surface area contributed by atoms with E-state index in [2.05, 4.69) is 15.2 Å². The van der Waals surface area contributed by atoms with Gasteiger partial charge < -0.3 is 14.8 Å². The van der Waals surface area contributed by atoms with Gasteiger partial charge in [0.05, 0.1) is 17.2 Å². The number of hydrogen-bond acceptors (Lipinski definition) is 7. The maximum absolute atomic E-state index is 13.1. The Hall–Kier alpha value is -2.27. The van der Waals surface area contributed by atoms with Gasteiger partial charge >= 0.3 is 0 Å². The first-order chi connectivity index (χ1) is 14.3. The molecule has 1 amide bonds.